The highest BCUT2D eigenvalue weighted by molar-refractivity contribution is 7.13. The highest BCUT2D eigenvalue weighted by atomic mass is 32.1. The lowest BCUT2D eigenvalue weighted by molar-refractivity contribution is -0.129. The number of hydrogen-bond donors (Lipinski definition) is 1. The molecule has 0 unspecified atom stereocenters. The normalized spacial score (nSPS) is 19.5. The van der Waals surface area contributed by atoms with Crippen LogP contribution in [0.4, 0.5) is 0 Å². The van der Waals surface area contributed by atoms with Crippen LogP contribution in [0.25, 0.3) is 10.7 Å². The molecule has 0 aromatic carbocycles. The van der Waals surface area contributed by atoms with E-state index in [-0.39, 0.29) is 11.9 Å². The molecule has 0 saturated carbocycles. The topological polar surface area (TPSA) is 81.3 Å². The molecule has 21 heavy (non-hydrogen) atoms. The van der Waals surface area contributed by atoms with E-state index in [0.29, 0.717) is 26.3 Å². The summed E-state index contributed by atoms with van der Waals surface area (Å²) in [4.78, 5) is 22.4. The van der Waals surface area contributed by atoms with Crippen LogP contribution in [0.2, 0.25) is 0 Å². The predicted octanol–water partition coefficient (Wildman–Crippen LogP) is 0.891. The molecule has 2 N–H and O–H groups in total. The number of hydrogen-bond acceptors (Lipinski definition) is 6. The van der Waals surface area contributed by atoms with Crippen LogP contribution in [-0.4, -0.2) is 46.6 Å². The van der Waals surface area contributed by atoms with Gasteiger partial charge in [0, 0.05) is 24.7 Å². The number of thiazole rings is 1. The van der Waals surface area contributed by atoms with Gasteiger partial charge >= 0.3 is 0 Å². The number of rotatable bonds is 4. The van der Waals surface area contributed by atoms with E-state index in [4.69, 9.17) is 10.5 Å². The van der Waals surface area contributed by atoms with E-state index in [1.54, 1.807) is 17.5 Å². The van der Waals surface area contributed by atoms with Crippen molar-refractivity contribution in [1.82, 2.24) is 14.9 Å². The molecule has 1 saturated heterocycles. The molecule has 6 nitrogen and oxygen atoms in total. The minimum absolute atomic E-state index is 0.352. The molecular formula is C14H16N4O2S. The SMILES string of the molecule is NC(=O)[C@@H]1COCCN1Cc1csc(-c2ccccn2)n1. The van der Waals surface area contributed by atoms with Gasteiger partial charge in [-0.2, -0.15) is 0 Å². The highest BCUT2D eigenvalue weighted by Crippen LogP contribution is 2.22. The standard InChI is InChI=1S/C14H16N4O2S/c15-13(19)12-8-20-6-5-18(12)7-10-9-21-14(17-10)11-3-1-2-4-16-11/h1-4,9,12H,5-8H2,(H2,15,19)/t12-/m0/s1. The Balaban J connectivity index is 1.73. The van der Waals surface area contributed by atoms with Crippen LogP contribution in [0.5, 0.6) is 0 Å². The van der Waals surface area contributed by atoms with Crippen molar-refractivity contribution in [3.8, 4) is 10.7 Å². The number of carbonyl (C=O) groups is 1. The summed E-state index contributed by atoms with van der Waals surface area (Å²) >= 11 is 1.55. The summed E-state index contributed by atoms with van der Waals surface area (Å²) in [6.45, 7) is 2.25. The zero-order valence-electron chi connectivity index (χ0n) is 11.4. The maximum Gasteiger partial charge on any atom is 0.237 e. The second-order valence-corrected chi connectivity index (χ2v) is 5.68. The molecule has 0 spiro atoms. The van der Waals surface area contributed by atoms with Gasteiger partial charge in [-0.3, -0.25) is 14.7 Å². The lowest BCUT2D eigenvalue weighted by Gasteiger charge is -2.32. The molecule has 0 bridgehead atoms. The second kappa shape index (κ2) is 6.30. The van der Waals surface area contributed by atoms with Gasteiger partial charge in [-0.25, -0.2) is 4.98 Å². The first-order valence-electron chi connectivity index (χ1n) is 6.71. The van der Waals surface area contributed by atoms with Crippen molar-refractivity contribution in [3.63, 3.8) is 0 Å². The van der Waals surface area contributed by atoms with E-state index < -0.39 is 0 Å². The average Bonchev–Trinajstić information content (AvgIpc) is 2.97. The van der Waals surface area contributed by atoms with Crippen molar-refractivity contribution >= 4 is 17.2 Å². The molecule has 110 valence electrons. The molecule has 1 aliphatic heterocycles. The van der Waals surface area contributed by atoms with E-state index in [9.17, 15) is 4.79 Å². The van der Waals surface area contributed by atoms with Gasteiger partial charge < -0.3 is 10.5 Å². The lowest BCUT2D eigenvalue weighted by Crippen LogP contribution is -2.51. The van der Waals surface area contributed by atoms with Crippen molar-refractivity contribution in [2.75, 3.05) is 19.8 Å². The Bertz CT molecular complexity index is 616. The van der Waals surface area contributed by atoms with Gasteiger partial charge in [0.25, 0.3) is 0 Å². The van der Waals surface area contributed by atoms with Gasteiger partial charge in [0.05, 0.1) is 24.6 Å². The monoisotopic (exact) mass is 304 g/mol. The predicted molar refractivity (Wildman–Crippen MR) is 79.6 cm³/mol. The first-order chi connectivity index (χ1) is 10.2. The minimum Gasteiger partial charge on any atom is -0.378 e. The number of primary amides is 1. The van der Waals surface area contributed by atoms with Crippen LogP contribution < -0.4 is 5.73 Å². The van der Waals surface area contributed by atoms with Gasteiger partial charge in [0.2, 0.25) is 5.91 Å². The largest absolute Gasteiger partial charge is 0.378 e. The van der Waals surface area contributed by atoms with Crippen LogP contribution in [0, 0.1) is 0 Å². The van der Waals surface area contributed by atoms with Crippen molar-refractivity contribution in [2.24, 2.45) is 5.73 Å². The molecule has 1 amide bonds. The molecule has 2 aromatic rings. The molecule has 0 aliphatic carbocycles. The fourth-order valence-corrected chi connectivity index (χ4v) is 3.07. The number of ether oxygens (including phenoxy) is 1. The summed E-state index contributed by atoms with van der Waals surface area (Å²) in [5.41, 5.74) is 7.21. The first-order valence-corrected chi connectivity index (χ1v) is 7.59. The van der Waals surface area contributed by atoms with Gasteiger partial charge in [-0.05, 0) is 12.1 Å². The van der Waals surface area contributed by atoms with Gasteiger partial charge in [-0.1, -0.05) is 6.07 Å². The molecule has 1 fully saturated rings. The zero-order chi connectivity index (χ0) is 14.7. The van der Waals surface area contributed by atoms with Crippen LogP contribution in [-0.2, 0) is 16.1 Å². The molecule has 2 aromatic heterocycles. The number of morpholine rings is 1. The fourth-order valence-electron chi connectivity index (χ4n) is 2.28. The molecule has 3 rings (SSSR count). The molecule has 1 aliphatic rings. The van der Waals surface area contributed by atoms with Crippen molar-refractivity contribution in [1.29, 1.82) is 0 Å². The second-order valence-electron chi connectivity index (χ2n) is 4.82. The summed E-state index contributed by atoms with van der Waals surface area (Å²) in [5.74, 6) is -0.352. The van der Waals surface area contributed by atoms with Crippen LogP contribution >= 0.6 is 11.3 Å². The Kier molecular flexibility index (Phi) is 4.23. The Hall–Kier alpha value is -1.83. The number of nitrogens with zero attached hydrogens (tertiary/aromatic N) is 3. The summed E-state index contributed by atoms with van der Waals surface area (Å²) < 4.78 is 5.32. The number of aromatic nitrogens is 2. The van der Waals surface area contributed by atoms with E-state index in [1.165, 1.54) is 0 Å². The summed E-state index contributed by atoms with van der Waals surface area (Å²) in [5, 5.41) is 2.88. The Morgan fingerprint density at radius 1 is 1.52 bits per heavy atom. The Morgan fingerprint density at radius 3 is 3.19 bits per heavy atom. The van der Waals surface area contributed by atoms with E-state index in [0.717, 1.165) is 16.4 Å². The van der Waals surface area contributed by atoms with Crippen molar-refractivity contribution < 1.29 is 9.53 Å². The van der Waals surface area contributed by atoms with Gasteiger partial charge in [-0.15, -0.1) is 11.3 Å². The number of nitrogens with two attached hydrogens (primary N) is 1. The third-order valence-electron chi connectivity index (χ3n) is 3.37. The maximum atomic E-state index is 11.5. The molecular weight excluding hydrogens is 288 g/mol. The third kappa shape index (κ3) is 3.26. The maximum absolute atomic E-state index is 11.5. The van der Waals surface area contributed by atoms with Crippen molar-refractivity contribution in [2.45, 2.75) is 12.6 Å². The number of pyridine rings is 1. The van der Waals surface area contributed by atoms with Crippen molar-refractivity contribution in [3.05, 3.63) is 35.5 Å². The highest BCUT2D eigenvalue weighted by Gasteiger charge is 2.28. The zero-order valence-corrected chi connectivity index (χ0v) is 12.3. The summed E-state index contributed by atoms with van der Waals surface area (Å²) in [6.07, 6.45) is 1.75. The molecule has 0 radical (unpaired) electrons. The molecule has 7 heteroatoms. The van der Waals surface area contributed by atoms with Crippen LogP contribution in [0.1, 0.15) is 5.69 Å². The number of carbonyl (C=O) groups excluding carboxylic acids is 1. The van der Waals surface area contributed by atoms with E-state index >= 15 is 0 Å². The Morgan fingerprint density at radius 2 is 2.43 bits per heavy atom. The van der Waals surface area contributed by atoms with E-state index in [2.05, 4.69) is 9.97 Å². The minimum atomic E-state index is -0.376. The first kappa shape index (κ1) is 14.1. The summed E-state index contributed by atoms with van der Waals surface area (Å²) in [7, 11) is 0. The molecule has 3 heterocycles. The lowest BCUT2D eigenvalue weighted by atomic mass is 10.2. The quantitative estimate of drug-likeness (QED) is 0.907. The van der Waals surface area contributed by atoms with Gasteiger partial charge in [0.1, 0.15) is 11.0 Å². The van der Waals surface area contributed by atoms with Gasteiger partial charge in [0.15, 0.2) is 0 Å². The molecule has 1 atom stereocenters. The summed E-state index contributed by atoms with van der Waals surface area (Å²) in [6, 6.07) is 5.38. The fraction of sp³-hybridized carbons (Fsp3) is 0.357. The van der Waals surface area contributed by atoms with Crippen LogP contribution in [0.3, 0.4) is 0 Å². The number of amides is 1. The average molecular weight is 304 g/mol. The van der Waals surface area contributed by atoms with Crippen LogP contribution in [0.15, 0.2) is 29.8 Å². The smallest absolute Gasteiger partial charge is 0.237 e. The third-order valence-corrected chi connectivity index (χ3v) is 4.28. The van der Waals surface area contributed by atoms with E-state index in [1.807, 2.05) is 28.5 Å². The Labute approximate surface area is 126 Å².